The zero-order valence-electron chi connectivity index (χ0n) is 19.9. The molecule has 2 amide bonds. The quantitative estimate of drug-likeness (QED) is 0.393. The predicted octanol–water partition coefficient (Wildman–Crippen LogP) is 4.70. The van der Waals surface area contributed by atoms with Gasteiger partial charge in [0.1, 0.15) is 6.61 Å². The standard InChI is InChI=1S/C27H34N2O5/c1-3-9-19(16-25(30)31)29-26(32)18(2)10-8-15-28-27(33)34-17-24-22-13-6-4-11-20(22)21-12-5-7-14-23(21)24/h4-7,11-14,18-19,24H,3,8-10,15-17H2,1-2H3,(H,28,33)(H,29,32)(H,30,31)/t18?,19-/m1/s1. The number of carboxylic acids is 1. The Hall–Kier alpha value is -3.35. The van der Waals surface area contributed by atoms with E-state index in [9.17, 15) is 14.4 Å². The van der Waals surface area contributed by atoms with Crippen molar-refractivity contribution in [1.82, 2.24) is 10.6 Å². The highest BCUT2D eigenvalue weighted by Crippen LogP contribution is 2.44. The summed E-state index contributed by atoms with van der Waals surface area (Å²) in [5.41, 5.74) is 4.70. The lowest BCUT2D eigenvalue weighted by Gasteiger charge is -2.19. The van der Waals surface area contributed by atoms with Crippen molar-refractivity contribution in [3.63, 3.8) is 0 Å². The van der Waals surface area contributed by atoms with Crippen molar-refractivity contribution in [2.45, 2.75) is 57.9 Å². The highest BCUT2D eigenvalue weighted by molar-refractivity contribution is 5.80. The minimum Gasteiger partial charge on any atom is -0.481 e. The van der Waals surface area contributed by atoms with Gasteiger partial charge in [-0.2, -0.15) is 0 Å². The molecule has 0 radical (unpaired) electrons. The molecule has 0 aromatic heterocycles. The van der Waals surface area contributed by atoms with Crippen LogP contribution in [0, 0.1) is 5.92 Å². The van der Waals surface area contributed by atoms with Crippen LogP contribution in [-0.2, 0) is 14.3 Å². The lowest BCUT2D eigenvalue weighted by atomic mass is 9.98. The molecule has 1 unspecified atom stereocenters. The monoisotopic (exact) mass is 466 g/mol. The maximum absolute atomic E-state index is 12.4. The van der Waals surface area contributed by atoms with Gasteiger partial charge in [0.2, 0.25) is 5.91 Å². The molecular formula is C27H34N2O5. The molecule has 2 aromatic carbocycles. The van der Waals surface area contributed by atoms with Crippen LogP contribution in [0.1, 0.15) is 63.0 Å². The van der Waals surface area contributed by atoms with Crippen molar-refractivity contribution < 1.29 is 24.2 Å². The molecule has 3 N–H and O–H groups in total. The van der Waals surface area contributed by atoms with Gasteiger partial charge in [-0.1, -0.05) is 68.8 Å². The summed E-state index contributed by atoms with van der Waals surface area (Å²) in [7, 11) is 0. The Morgan fingerprint density at radius 2 is 1.62 bits per heavy atom. The van der Waals surface area contributed by atoms with Gasteiger partial charge in [0, 0.05) is 24.4 Å². The van der Waals surface area contributed by atoms with E-state index in [1.165, 1.54) is 22.3 Å². The first-order chi connectivity index (χ1) is 16.4. The van der Waals surface area contributed by atoms with Crippen molar-refractivity contribution in [2.24, 2.45) is 5.92 Å². The van der Waals surface area contributed by atoms with Gasteiger partial charge in [0.15, 0.2) is 0 Å². The lowest BCUT2D eigenvalue weighted by Crippen LogP contribution is -2.39. The molecule has 7 nitrogen and oxygen atoms in total. The lowest BCUT2D eigenvalue weighted by molar-refractivity contribution is -0.137. The second kappa shape index (κ2) is 12.2. The van der Waals surface area contributed by atoms with Crippen LogP contribution in [-0.4, -0.2) is 42.3 Å². The molecule has 0 spiro atoms. The SMILES string of the molecule is CCC[C@H](CC(=O)O)NC(=O)C(C)CCCNC(=O)OCC1c2ccccc2-c2ccccc21. The van der Waals surface area contributed by atoms with E-state index >= 15 is 0 Å². The molecular weight excluding hydrogens is 432 g/mol. The van der Waals surface area contributed by atoms with Gasteiger partial charge >= 0.3 is 12.1 Å². The normalized spacial score (nSPS) is 13.9. The Balaban J connectivity index is 1.40. The van der Waals surface area contributed by atoms with Gasteiger partial charge in [0.05, 0.1) is 6.42 Å². The van der Waals surface area contributed by atoms with Crippen molar-refractivity contribution in [3.05, 3.63) is 59.7 Å². The Kier molecular flexibility index (Phi) is 9.08. The largest absolute Gasteiger partial charge is 0.481 e. The highest BCUT2D eigenvalue weighted by atomic mass is 16.5. The van der Waals surface area contributed by atoms with Crippen molar-refractivity contribution >= 4 is 18.0 Å². The minimum atomic E-state index is -0.918. The summed E-state index contributed by atoms with van der Waals surface area (Å²) in [6.07, 6.45) is 2.10. The van der Waals surface area contributed by atoms with Crippen LogP contribution >= 0.6 is 0 Å². The van der Waals surface area contributed by atoms with E-state index in [-0.39, 0.29) is 36.8 Å². The fourth-order valence-corrected chi connectivity index (χ4v) is 4.51. The third-order valence-electron chi connectivity index (χ3n) is 6.28. The van der Waals surface area contributed by atoms with Crippen molar-refractivity contribution in [3.8, 4) is 11.1 Å². The van der Waals surface area contributed by atoms with Gasteiger partial charge < -0.3 is 20.5 Å². The second-order valence-electron chi connectivity index (χ2n) is 8.89. The molecule has 34 heavy (non-hydrogen) atoms. The zero-order chi connectivity index (χ0) is 24.5. The maximum atomic E-state index is 12.4. The van der Waals surface area contributed by atoms with Crippen LogP contribution in [0.25, 0.3) is 11.1 Å². The van der Waals surface area contributed by atoms with E-state index < -0.39 is 12.1 Å². The van der Waals surface area contributed by atoms with E-state index in [2.05, 4.69) is 34.9 Å². The average molecular weight is 467 g/mol. The summed E-state index contributed by atoms with van der Waals surface area (Å²) >= 11 is 0. The molecule has 2 atom stereocenters. The number of benzene rings is 2. The molecule has 2 aromatic rings. The van der Waals surface area contributed by atoms with Crippen LogP contribution in [0.2, 0.25) is 0 Å². The molecule has 0 aliphatic heterocycles. The van der Waals surface area contributed by atoms with Gasteiger partial charge in [-0.05, 0) is 41.5 Å². The van der Waals surface area contributed by atoms with Crippen molar-refractivity contribution in [1.29, 1.82) is 0 Å². The van der Waals surface area contributed by atoms with Crippen molar-refractivity contribution in [2.75, 3.05) is 13.2 Å². The summed E-state index contributed by atoms with van der Waals surface area (Å²) in [6, 6.07) is 16.0. The number of rotatable bonds is 12. The Labute approximate surface area is 200 Å². The van der Waals surface area contributed by atoms with Gasteiger partial charge in [-0.25, -0.2) is 4.79 Å². The van der Waals surface area contributed by atoms with Crippen LogP contribution < -0.4 is 10.6 Å². The first-order valence-electron chi connectivity index (χ1n) is 12.0. The van der Waals surface area contributed by atoms with Gasteiger partial charge in [-0.3, -0.25) is 9.59 Å². The topological polar surface area (TPSA) is 105 Å². The van der Waals surface area contributed by atoms with E-state index in [4.69, 9.17) is 9.84 Å². The predicted molar refractivity (Wildman–Crippen MR) is 131 cm³/mol. The number of aliphatic carboxylic acids is 1. The summed E-state index contributed by atoms with van der Waals surface area (Å²) in [5.74, 6) is -1.32. The number of hydrogen-bond donors (Lipinski definition) is 3. The number of carbonyl (C=O) groups excluding carboxylic acids is 2. The van der Waals surface area contributed by atoms with Gasteiger partial charge in [0.25, 0.3) is 0 Å². The summed E-state index contributed by atoms with van der Waals surface area (Å²) < 4.78 is 5.53. The fourth-order valence-electron chi connectivity index (χ4n) is 4.51. The van der Waals surface area contributed by atoms with Crippen LogP contribution in [0.3, 0.4) is 0 Å². The Morgan fingerprint density at radius 1 is 1.00 bits per heavy atom. The highest BCUT2D eigenvalue weighted by Gasteiger charge is 2.29. The van der Waals surface area contributed by atoms with E-state index in [0.717, 1.165) is 6.42 Å². The maximum Gasteiger partial charge on any atom is 0.407 e. The molecule has 0 saturated carbocycles. The number of amides is 2. The minimum absolute atomic E-state index is 0.0173. The number of nitrogens with one attached hydrogen (secondary N) is 2. The van der Waals surface area contributed by atoms with Crippen LogP contribution in [0.5, 0.6) is 0 Å². The first kappa shape index (κ1) is 25.3. The number of hydrogen-bond acceptors (Lipinski definition) is 4. The Bertz CT molecular complexity index is 961. The molecule has 7 heteroatoms. The third kappa shape index (κ3) is 6.59. The number of alkyl carbamates (subject to hydrolysis) is 1. The molecule has 0 fully saturated rings. The number of carboxylic acid groups (broad SMARTS) is 1. The Morgan fingerprint density at radius 3 is 2.21 bits per heavy atom. The van der Waals surface area contributed by atoms with E-state index in [0.29, 0.717) is 25.8 Å². The third-order valence-corrected chi connectivity index (χ3v) is 6.28. The fraction of sp³-hybridized carbons (Fsp3) is 0.444. The first-order valence-corrected chi connectivity index (χ1v) is 12.0. The molecule has 3 rings (SSSR count). The zero-order valence-corrected chi connectivity index (χ0v) is 19.9. The molecule has 0 heterocycles. The van der Waals surface area contributed by atoms with Crippen LogP contribution in [0.4, 0.5) is 4.79 Å². The van der Waals surface area contributed by atoms with E-state index in [1.54, 1.807) is 0 Å². The summed E-state index contributed by atoms with van der Waals surface area (Å²) in [5, 5.41) is 14.6. The smallest absolute Gasteiger partial charge is 0.407 e. The van der Waals surface area contributed by atoms with Gasteiger partial charge in [-0.15, -0.1) is 0 Å². The number of ether oxygens (including phenoxy) is 1. The molecule has 182 valence electrons. The van der Waals surface area contributed by atoms with Crippen LogP contribution in [0.15, 0.2) is 48.5 Å². The summed E-state index contributed by atoms with van der Waals surface area (Å²) in [4.78, 5) is 35.6. The average Bonchev–Trinajstić information content (AvgIpc) is 3.14. The summed E-state index contributed by atoms with van der Waals surface area (Å²) in [6.45, 7) is 4.44. The van der Waals surface area contributed by atoms with E-state index in [1.807, 2.05) is 38.1 Å². The molecule has 1 aliphatic rings. The number of fused-ring (bicyclic) bond motifs is 3. The molecule has 1 aliphatic carbocycles. The second-order valence-corrected chi connectivity index (χ2v) is 8.89. The molecule has 0 bridgehead atoms. The molecule has 0 saturated heterocycles. The number of carbonyl (C=O) groups is 3.